The molecule has 11 saturated carbocycles. The normalized spacial score (nSPS) is 55.4. The molecule has 11 aliphatic carbocycles. The number of carbonyl (C=O) groups is 7. The van der Waals surface area contributed by atoms with Crippen LogP contribution in [0.3, 0.4) is 0 Å². The number of hydrogen-bond acceptors (Lipinski definition) is 21. The molecule has 29 atom stereocenters. The zero-order valence-corrected chi connectivity index (χ0v) is 45.7. The van der Waals surface area contributed by atoms with Crippen molar-refractivity contribution in [3.8, 4) is 0 Å². The van der Waals surface area contributed by atoms with E-state index in [0.717, 1.165) is 89.9 Å². The topological polar surface area (TPSA) is 326 Å². The average molecular weight is 1110 g/mol. The molecular formula is C58H80O21. The second-order valence-corrected chi connectivity index (χ2v) is 28.2. The number of rotatable bonds is 0. The molecule has 0 spiro atoms. The van der Waals surface area contributed by atoms with E-state index in [4.69, 9.17) is 33.2 Å². The summed E-state index contributed by atoms with van der Waals surface area (Å²) in [5.74, 6) is 1.13. The molecule has 0 aromatic rings. The van der Waals surface area contributed by atoms with Crippen molar-refractivity contribution in [2.75, 3.05) is 0 Å². The van der Waals surface area contributed by atoms with Crippen LogP contribution in [-0.2, 0) is 66.7 Å². The second kappa shape index (κ2) is 19.3. The highest BCUT2D eigenvalue weighted by Gasteiger charge is 2.72. The van der Waals surface area contributed by atoms with Crippen LogP contribution in [0.15, 0.2) is 0 Å². The fourth-order valence-electron chi connectivity index (χ4n) is 18.7. The number of esters is 7. The summed E-state index contributed by atoms with van der Waals surface area (Å²) < 4.78 is 35.5. The van der Waals surface area contributed by atoms with Gasteiger partial charge in [0.25, 0.3) is 0 Å². The SMILES string of the molecule is CC12CC(CCC1O)C(=O)O2.CC12CC3C(=O)OC(C3C1)C2O.CC12CC3CC1C(O)(C3)OC2=O.CC12OC(=O)C3CC(CC31)C2O.CC1CC2CC(OC2=O)C1O.O=C1OC2C(O)C3CC1C2C3.O=C1OC2CC1CCC2O. The first-order valence-electron chi connectivity index (χ1n) is 29.5. The summed E-state index contributed by atoms with van der Waals surface area (Å²) in [6, 6.07) is 0. The highest BCUT2D eigenvalue weighted by atomic mass is 16.7. The Morgan fingerprint density at radius 2 is 1.16 bits per heavy atom. The van der Waals surface area contributed by atoms with Crippen LogP contribution < -0.4 is 0 Å². The molecule has 7 heterocycles. The molecule has 29 unspecified atom stereocenters. The predicted molar refractivity (Wildman–Crippen MR) is 265 cm³/mol. The van der Waals surface area contributed by atoms with Gasteiger partial charge in [0.05, 0.1) is 77.5 Å². The Morgan fingerprint density at radius 1 is 0.494 bits per heavy atom. The van der Waals surface area contributed by atoms with Crippen LogP contribution >= 0.6 is 0 Å². The van der Waals surface area contributed by atoms with Gasteiger partial charge in [-0.15, -0.1) is 0 Å². The summed E-state index contributed by atoms with van der Waals surface area (Å²) in [4.78, 5) is 78.1. The number of aliphatic hydroxyl groups excluding tert-OH is 6. The molecule has 18 fully saturated rings. The van der Waals surface area contributed by atoms with E-state index in [2.05, 4.69) is 6.92 Å². The Kier molecular flexibility index (Phi) is 13.6. The second-order valence-electron chi connectivity index (χ2n) is 28.2. The lowest BCUT2D eigenvalue weighted by atomic mass is 9.75. The summed E-state index contributed by atoms with van der Waals surface area (Å²) >= 11 is 0. The summed E-state index contributed by atoms with van der Waals surface area (Å²) in [6.07, 6.45) is 10.8. The van der Waals surface area contributed by atoms with Crippen molar-refractivity contribution < 1.29 is 102 Å². The summed E-state index contributed by atoms with van der Waals surface area (Å²) in [5, 5.41) is 67.3. The largest absolute Gasteiger partial charge is 0.459 e. The lowest BCUT2D eigenvalue weighted by Gasteiger charge is -2.31. The van der Waals surface area contributed by atoms with Gasteiger partial charge in [-0.1, -0.05) is 13.8 Å². The lowest BCUT2D eigenvalue weighted by molar-refractivity contribution is -0.195. The highest BCUT2D eigenvalue weighted by molar-refractivity contribution is 5.81. The van der Waals surface area contributed by atoms with Gasteiger partial charge in [-0.3, -0.25) is 33.6 Å². The van der Waals surface area contributed by atoms with Crippen molar-refractivity contribution in [3.05, 3.63) is 0 Å². The predicted octanol–water partition coefficient (Wildman–Crippen LogP) is 2.09. The molecular weight excluding hydrogens is 1030 g/mol. The van der Waals surface area contributed by atoms with E-state index >= 15 is 0 Å². The van der Waals surface area contributed by atoms with Crippen LogP contribution in [-0.4, -0.2) is 156 Å². The minimum Gasteiger partial charge on any atom is -0.459 e. The van der Waals surface area contributed by atoms with Gasteiger partial charge >= 0.3 is 41.8 Å². The van der Waals surface area contributed by atoms with Crippen molar-refractivity contribution in [2.45, 2.75) is 222 Å². The molecule has 18 aliphatic rings. The number of hydrogen-bond donors (Lipinski definition) is 7. The van der Waals surface area contributed by atoms with Crippen LogP contribution in [0.1, 0.15) is 144 Å². The van der Waals surface area contributed by atoms with Crippen LogP contribution in [0.4, 0.5) is 0 Å². The average Bonchev–Trinajstić information content (AvgIpc) is 3.61. The van der Waals surface area contributed by atoms with Crippen molar-refractivity contribution in [1.82, 2.24) is 0 Å². The summed E-state index contributed by atoms with van der Waals surface area (Å²) in [7, 11) is 0. The minimum absolute atomic E-state index is 0.0356. The van der Waals surface area contributed by atoms with Gasteiger partial charge in [0.2, 0.25) is 5.79 Å². The molecule has 7 saturated heterocycles. The molecule has 21 nitrogen and oxygen atoms in total. The van der Waals surface area contributed by atoms with Gasteiger partial charge in [0, 0.05) is 49.4 Å². The van der Waals surface area contributed by atoms with Crippen LogP contribution in [0.2, 0.25) is 0 Å². The van der Waals surface area contributed by atoms with Crippen molar-refractivity contribution in [1.29, 1.82) is 0 Å². The number of ether oxygens (including phenoxy) is 7. The molecule has 0 radical (unpaired) electrons. The Labute approximate surface area is 458 Å². The van der Waals surface area contributed by atoms with E-state index in [0.29, 0.717) is 54.8 Å². The van der Waals surface area contributed by atoms with Crippen LogP contribution in [0, 0.1) is 93.7 Å². The summed E-state index contributed by atoms with van der Waals surface area (Å²) in [5.41, 5.74) is -1.51. The van der Waals surface area contributed by atoms with Crippen molar-refractivity contribution in [3.63, 3.8) is 0 Å². The van der Waals surface area contributed by atoms with Crippen molar-refractivity contribution >= 4 is 41.8 Å². The highest BCUT2D eigenvalue weighted by Crippen LogP contribution is 2.66. The molecule has 7 aliphatic heterocycles. The van der Waals surface area contributed by atoms with Gasteiger partial charge in [0.15, 0.2) is 0 Å². The van der Waals surface area contributed by atoms with E-state index in [1.54, 1.807) is 0 Å². The molecule has 18 rings (SSSR count). The van der Waals surface area contributed by atoms with E-state index in [1.165, 1.54) is 0 Å². The number of fused-ring (bicyclic) bond motifs is 10. The Bertz CT molecular complexity index is 2520. The first-order chi connectivity index (χ1) is 37.1. The van der Waals surface area contributed by atoms with E-state index < -0.39 is 47.5 Å². The third-order valence-electron chi connectivity index (χ3n) is 23.2. The molecule has 0 amide bonds. The standard InChI is InChI=1S/3C9H12O3.C8H10O3.2C8H12O3.C7H10O3/c1-8-3-5-2-6(8)9(11,4-5)12-7(8)10;1-9-2-4-5(3-9)8(11)12-6(4)7(9)10;1-9-6-3-4(7(9)10)2-5(6)8(11)12-9;9-6-3-1-4-5(2-3)8(10)11-7(4)6;1-4-2-5-3-6(7(4)9)11-8(5)10;1-8-4-5(7(10)11-8)2-3-6(8)9;8-5-2-1-4-3-6(5)10-7(4)9/h5-6,11H,2-4H2,1H3;2*4-7,10H,2-3H2,1H3;3-7,9H,1-2H2;4-7,9H,2-3H2,1H3;5-6,9H,2-4H2,1H3;4-6,8H,1-3H2. The Balaban J connectivity index is 0.0000000921. The minimum atomic E-state index is -1.09. The lowest BCUT2D eigenvalue weighted by Crippen LogP contribution is -2.43. The Hall–Kier alpha value is -3.99. The fraction of sp³-hybridized carbons (Fsp3) is 0.879. The van der Waals surface area contributed by atoms with Gasteiger partial charge in [-0.2, -0.15) is 0 Å². The molecule has 0 aromatic carbocycles. The Morgan fingerprint density at radius 3 is 1.78 bits per heavy atom. The quantitative estimate of drug-likeness (QED) is 0.135. The molecule has 21 heteroatoms. The van der Waals surface area contributed by atoms with Gasteiger partial charge in [-0.05, 0) is 133 Å². The zero-order valence-electron chi connectivity index (χ0n) is 45.7. The van der Waals surface area contributed by atoms with Crippen LogP contribution in [0.25, 0.3) is 0 Å². The third-order valence-corrected chi connectivity index (χ3v) is 23.2. The zero-order chi connectivity index (χ0) is 56.4. The van der Waals surface area contributed by atoms with E-state index in [-0.39, 0.29) is 130 Å². The summed E-state index contributed by atoms with van der Waals surface area (Å²) in [6.45, 7) is 9.64. The maximum Gasteiger partial charge on any atom is 0.314 e. The monoisotopic (exact) mass is 1110 g/mol. The molecule has 7 N–H and O–H groups in total. The van der Waals surface area contributed by atoms with Gasteiger partial charge in [0.1, 0.15) is 35.6 Å². The maximum absolute atomic E-state index is 11.4. The first kappa shape index (κ1) is 55.5. The van der Waals surface area contributed by atoms with E-state index in [1.807, 2.05) is 27.7 Å². The van der Waals surface area contributed by atoms with Gasteiger partial charge < -0.3 is 68.9 Å². The number of carbonyl (C=O) groups excluding carboxylic acids is 7. The van der Waals surface area contributed by atoms with Gasteiger partial charge in [-0.25, -0.2) is 0 Å². The smallest absolute Gasteiger partial charge is 0.314 e. The van der Waals surface area contributed by atoms with Crippen LogP contribution in [0.5, 0.6) is 0 Å². The fourth-order valence-corrected chi connectivity index (χ4v) is 18.7. The third kappa shape index (κ3) is 8.87. The molecule has 438 valence electrons. The maximum atomic E-state index is 11.4. The first-order valence-corrected chi connectivity index (χ1v) is 29.5. The van der Waals surface area contributed by atoms with E-state index in [9.17, 15) is 69.3 Å². The number of aliphatic hydroxyl groups is 7. The molecule has 79 heavy (non-hydrogen) atoms. The van der Waals surface area contributed by atoms with Crippen molar-refractivity contribution in [2.24, 2.45) is 93.7 Å². The molecule has 0 aromatic heterocycles. The molecule has 14 bridgehead atoms.